The van der Waals surface area contributed by atoms with Gasteiger partial charge >= 0.3 is 5.63 Å². The van der Waals surface area contributed by atoms with Crippen LogP contribution in [0.2, 0.25) is 0 Å². The Labute approximate surface area is 165 Å². The van der Waals surface area contributed by atoms with Crippen LogP contribution in [0.25, 0.3) is 11.0 Å². The number of aromatic hydroxyl groups is 1. The van der Waals surface area contributed by atoms with Crippen molar-refractivity contribution in [1.82, 2.24) is 9.80 Å². The van der Waals surface area contributed by atoms with Crippen molar-refractivity contribution in [3.05, 3.63) is 40.2 Å². The van der Waals surface area contributed by atoms with Gasteiger partial charge in [-0.05, 0) is 32.0 Å². The number of fused-ring (bicyclic) bond motifs is 1. The van der Waals surface area contributed by atoms with Gasteiger partial charge in [-0.2, -0.15) is 0 Å². The molecule has 0 radical (unpaired) electrons. The zero-order valence-electron chi connectivity index (χ0n) is 16.6. The van der Waals surface area contributed by atoms with Crippen molar-refractivity contribution in [3.8, 4) is 5.75 Å². The van der Waals surface area contributed by atoms with Crippen LogP contribution in [-0.4, -0.2) is 66.4 Å². The molecule has 2 heterocycles. The van der Waals surface area contributed by atoms with E-state index in [9.17, 15) is 9.90 Å². The third kappa shape index (κ3) is 3.71. The third-order valence-electron chi connectivity index (χ3n) is 6.38. The predicted octanol–water partition coefficient (Wildman–Crippen LogP) is 2.87. The minimum absolute atomic E-state index is 0.0482. The standard InChI is InChI=1S/C22H29N3O3/c1-24-11-13-25(14-12-24)22(9-5-2-6-10-22)16-23-15-18-20(26)17-7-3-4-8-19(17)28-21(18)27/h3-4,7-8,15,26H,2,5-6,9-14,16H2,1H3. The topological polar surface area (TPSA) is 69.3 Å². The zero-order valence-corrected chi connectivity index (χ0v) is 16.6. The molecule has 6 heteroatoms. The van der Waals surface area contributed by atoms with E-state index in [2.05, 4.69) is 21.8 Å². The number of benzene rings is 1. The van der Waals surface area contributed by atoms with Crippen LogP contribution in [0.15, 0.2) is 38.5 Å². The molecule has 0 spiro atoms. The van der Waals surface area contributed by atoms with Crippen molar-refractivity contribution in [2.45, 2.75) is 37.6 Å². The molecule has 4 rings (SSSR count). The Morgan fingerprint density at radius 1 is 1.14 bits per heavy atom. The van der Waals surface area contributed by atoms with E-state index in [-0.39, 0.29) is 16.9 Å². The fourth-order valence-electron chi connectivity index (χ4n) is 4.63. The lowest BCUT2D eigenvalue weighted by Crippen LogP contribution is -2.58. The van der Waals surface area contributed by atoms with Gasteiger partial charge in [0.2, 0.25) is 0 Å². The minimum atomic E-state index is -0.544. The van der Waals surface area contributed by atoms with Crippen molar-refractivity contribution in [2.24, 2.45) is 4.99 Å². The first-order valence-corrected chi connectivity index (χ1v) is 10.3. The number of hydrogen-bond donors (Lipinski definition) is 1. The van der Waals surface area contributed by atoms with Crippen LogP contribution < -0.4 is 5.63 Å². The Morgan fingerprint density at radius 2 is 1.86 bits per heavy atom. The van der Waals surface area contributed by atoms with E-state index < -0.39 is 5.63 Å². The van der Waals surface area contributed by atoms with E-state index in [0.717, 1.165) is 39.0 Å². The summed E-state index contributed by atoms with van der Waals surface area (Å²) in [4.78, 5) is 22.0. The summed E-state index contributed by atoms with van der Waals surface area (Å²) >= 11 is 0. The number of aliphatic imine (C=N–C) groups is 1. The van der Waals surface area contributed by atoms with E-state index >= 15 is 0 Å². The van der Waals surface area contributed by atoms with E-state index in [1.165, 1.54) is 25.5 Å². The van der Waals surface area contributed by atoms with Gasteiger partial charge in [-0.25, -0.2) is 4.79 Å². The Balaban J connectivity index is 1.58. The monoisotopic (exact) mass is 383 g/mol. The van der Waals surface area contributed by atoms with E-state index in [4.69, 9.17) is 4.42 Å². The average Bonchev–Trinajstić information content (AvgIpc) is 2.71. The molecule has 1 aromatic carbocycles. The van der Waals surface area contributed by atoms with E-state index in [1.807, 2.05) is 6.07 Å². The van der Waals surface area contributed by atoms with Gasteiger partial charge in [0.05, 0.1) is 11.9 Å². The molecule has 2 aromatic rings. The van der Waals surface area contributed by atoms with Crippen LogP contribution in [0.1, 0.15) is 37.7 Å². The van der Waals surface area contributed by atoms with Crippen molar-refractivity contribution >= 4 is 17.2 Å². The third-order valence-corrected chi connectivity index (χ3v) is 6.38. The minimum Gasteiger partial charge on any atom is -0.506 e. The molecule has 0 bridgehead atoms. The lowest BCUT2D eigenvalue weighted by Gasteiger charge is -2.48. The molecule has 1 saturated heterocycles. The summed E-state index contributed by atoms with van der Waals surface area (Å²) < 4.78 is 5.35. The lowest BCUT2D eigenvalue weighted by molar-refractivity contribution is 0.0198. The van der Waals surface area contributed by atoms with Crippen LogP contribution >= 0.6 is 0 Å². The van der Waals surface area contributed by atoms with Crippen LogP contribution in [0.4, 0.5) is 0 Å². The maximum absolute atomic E-state index is 12.3. The summed E-state index contributed by atoms with van der Waals surface area (Å²) in [5.74, 6) is -0.0482. The predicted molar refractivity (Wildman–Crippen MR) is 111 cm³/mol. The number of piperazine rings is 1. The molecule has 1 aromatic heterocycles. The first kappa shape index (κ1) is 19.2. The first-order valence-electron chi connectivity index (χ1n) is 10.3. The Hall–Kier alpha value is -2.18. The molecule has 6 nitrogen and oxygen atoms in total. The Bertz CT molecular complexity index is 907. The maximum Gasteiger partial charge on any atom is 0.348 e. The maximum atomic E-state index is 12.3. The Kier molecular flexibility index (Phi) is 5.51. The summed E-state index contributed by atoms with van der Waals surface area (Å²) in [5.41, 5.74) is 0.0616. The molecule has 1 saturated carbocycles. The highest BCUT2D eigenvalue weighted by Crippen LogP contribution is 2.35. The normalized spacial score (nSPS) is 21.5. The van der Waals surface area contributed by atoms with Crippen LogP contribution in [0, 0.1) is 0 Å². The highest BCUT2D eigenvalue weighted by molar-refractivity contribution is 5.93. The molecular weight excluding hydrogens is 354 g/mol. The molecule has 0 atom stereocenters. The van der Waals surface area contributed by atoms with Gasteiger partial charge in [0, 0.05) is 37.9 Å². The zero-order chi connectivity index (χ0) is 19.6. The average molecular weight is 383 g/mol. The molecule has 0 amide bonds. The van der Waals surface area contributed by atoms with Crippen molar-refractivity contribution in [1.29, 1.82) is 0 Å². The van der Waals surface area contributed by atoms with Crippen molar-refractivity contribution in [3.63, 3.8) is 0 Å². The highest BCUT2D eigenvalue weighted by Gasteiger charge is 2.38. The summed E-state index contributed by atoms with van der Waals surface area (Å²) in [6.07, 6.45) is 7.55. The largest absolute Gasteiger partial charge is 0.506 e. The number of para-hydroxylation sites is 1. The number of hydrogen-bond acceptors (Lipinski definition) is 6. The number of likely N-dealkylation sites (N-methyl/N-ethyl adjacent to an activating group) is 1. The van der Waals surface area contributed by atoms with Gasteiger partial charge in [0.1, 0.15) is 16.9 Å². The van der Waals surface area contributed by atoms with E-state index in [1.54, 1.807) is 18.2 Å². The van der Waals surface area contributed by atoms with E-state index in [0.29, 0.717) is 17.5 Å². The second-order valence-electron chi connectivity index (χ2n) is 8.19. The molecule has 150 valence electrons. The van der Waals surface area contributed by atoms with Gasteiger partial charge < -0.3 is 14.4 Å². The van der Waals surface area contributed by atoms with Crippen LogP contribution in [0.5, 0.6) is 5.75 Å². The number of nitrogens with zero attached hydrogens (tertiary/aromatic N) is 3. The summed E-state index contributed by atoms with van der Waals surface area (Å²) in [7, 11) is 2.17. The van der Waals surface area contributed by atoms with Gasteiger partial charge in [0.25, 0.3) is 0 Å². The molecular formula is C22H29N3O3. The van der Waals surface area contributed by atoms with Crippen molar-refractivity contribution in [2.75, 3.05) is 39.8 Å². The molecule has 2 fully saturated rings. The van der Waals surface area contributed by atoms with Gasteiger partial charge in [-0.3, -0.25) is 9.89 Å². The van der Waals surface area contributed by atoms with Crippen molar-refractivity contribution < 1.29 is 9.52 Å². The quantitative estimate of drug-likeness (QED) is 0.649. The fourth-order valence-corrected chi connectivity index (χ4v) is 4.63. The van der Waals surface area contributed by atoms with Gasteiger partial charge in [0.15, 0.2) is 0 Å². The van der Waals surface area contributed by atoms with Crippen LogP contribution in [0.3, 0.4) is 0 Å². The Morgan fingerprint density at radius 3 is 2.61 bits per heavy atom. The molecule has 1 aliphatic heterocycles. The van der Waals surface area contributed by atoms with Crippen LogP contribution in [-0.2, 0) is 0 Å². The summed E-state index contributed by atoms with van der Waals surface area (Å²) in [6.45, 7) is 4.95. The fraction of sp³-hybridized carbons (Fsp3) is 0.545. The molecule has 0 unspecified atom stereocenters. The summed E-state index contributed by atoms with van der Waals surface area (Å²) in [6, 6.07) is 7.02. The molecule has 28 heavy (non-hydrogen) atoms. The smallest absolute Gasteiger partial charge is 0.348 e. The van der Waals surface area contributed by atoms with Gasteiger partial charge in [-0.1, -0.05) is 31.4 Å². The lowest BCUT2D eigenvalue weighted by atomic mass is 9.79. The van der Waals surface area contributed by atoms with Gasteiger partial charge in [-0.15, -0.1) is 0 Å². The molecule has 1 N–H and O–H groups in total. The summed E-state index contributed by atoms with van der Waals surface area (Å²) in [5, 5.41) is 11.1. The SMILES string of the molecule is CN1CCN(C2(CN=Cc3c(O)c4ccccc4oc3=O)CCCCC2)CC1. The molecule has 1 aliphatic carbocycles. The second-order valence-corrected chi connectivity index (χ2v) is 8.19. The molecule has 2 aliphatic rings. The number of rotatable bonds is 4. The first-order chi connectivity index (χ1) is 13.6. The highest BCUT2D eigenvalue weighted by atomic mass is 16.4. The second kappa shape index (κ2) is 8.05.